The number of carboxylic acid groups (broad SMARTS) is 1. The van der Waals surface area contributed by atoms with Crippen molar-refractivity contribution in [3.63, 3.8) is 0 Å². The lowest BCUT2D eigenvalue weighted by Gasteiger charge is -2.20. The standard InChI is InChI=1S/C16H19ClN2O3/c1-4-9(2)13(16(21)22)18-15(20)14-12(17)10-7-5-6-8-11(10)19(14)3/h5-9,13H,4H2,1-3H3,(H,18,20)(H,21,22)/t9-,13-/m0/s1. The second-order valence-corrected chi connectivity index (χ2v) is 5.79. The molecule has 2 atom stereocenters. The molecular weight excluding hydrogens is 304 g/mol. The minimum Gasteiger partial charge on any atom is -0.480 e. The monoisotopic (exact) mass is 322 g/mol. The third-order valence-corrected chi connectivity index (χ3v) is 4.41. The zero-order valence-corrected chi connectivity index (χ0v) is 13.5. The molecule has 2 rings (SSSR count). The first-order valence-electron chi connectivity index (χ1n) is 7.15. The number of benzene rings is 1. The van der Waals surface area contributed by atoms with Gasteiger partial charge in [0.2, 0.25) is 0 Å². The number of fused-ring (bicyclic) bond motifs is 1. The largest absolute Gasteiger partial charge is 0.480 e. The fourth-order valence-corrected chi connectivity index (χ4v) is 2.86. The Hall–Kier alpha value is -2.01. The maximum Gasteiger partial charge on any atom is 0.326 e. The third-order valence-electron chi connectivity index (χ3n) is 4.03. The Morgan fingerprint density at radius 2 is 2.00 bits per heavy atom. The molecule has 2 N–H and O–H groups in total. The first-order valence-corrected chi connectivity index (χ1v) is 7.52. The highest BCUT2D eigenvalue weighted by atomic mass is 35.5. The maximum absolute atomic E-state index is 12.5. The van der Waals surface area contributed by atoms with Crippen molar-refractivity contribution in [1.29, 1.82) is 0 Å². The van der Waals surface area contributed by atoms with E-state index in [-0.39, 0.29) is 11.6 Å². The van der Waals surface area contributed by atoms with Crippen LogP contribution in [0.15, 0.2) is 24.3 Å². The molecule has 0 saturated carbocycles. The van der Waals surface area contributed by atoms with Crippen molar-refractivity contribution in [2.75, 3.05) is 0 Å². The smallest absolute Gasteiger partial charge is 0.326 e. The van der Waals surface area contributed by atoms with Crippen molar-refractivity contribution in [2.24, 2.45) is 13.0 Å². The molecule has 1 amide bonds. The van der Waals surface area contributed by atoms with Crippen molar-refractivity contribution >= 4 is 34.4 Å². The topological polar surface area (TPSA) is 71.3 Å². The number of aryl methyl sites for hydroxylation is 1. The van der Waals surface area contributed by atoms with Crippen LogP contribution in [-0.2, 0) is 11.8 Å². The van der Waals surface area contributed by atoms with Crippen LogP contribution in [0.2, 0.25) is 5.02 Å². The number of carbonyl (C=O) groups is 2. The highest BCUT2D eigenvalue weighted by Crippen LogP contribution is 2.29. The Morgan fingerprint density at radius 3 is 2.55 bits per heavy atom. The van der Waals surface area contributed by atoms with Gasteiger partial charge in [0.05, 0.1) is 5.02 Å². The predicted octanol–water partition coefficient (Wildman–Crippen LogP) is 3.06. The van der Waals surface area contributed by atoms with Gasteiger partial charge in [0.15, 0.2) is 0 Å². The molecule has 1 aromatic carbocycles. The van der Waals surface area contributed by atoms with Crippen molar-refractivity contribution in [1.82, 2.24) is 9.88 Å². The van der Waals surface area contributed by atoms with Crippen LogP contribution in [0.5, 0.6) is 0 Å². The third kappa shape index (κ3) is 2.81. The Morgan fingerprint density at radius 1 is 1.36 bits per heavy atom. The Bertz CT molecular complexity index is 684. The summed E-state index contributed by atoms with van der Waals surface area (Å²) in [7, 11) is 1.74. The summed E-state index contributed by atoms with van der Waals surface area (Å²) in [5.74, 6) is -1.69. The molecule has 1 heterocycles. The number of nitrogens with one attached hydrogen (secondary N) is 1. The average molecular weight is 323 g/mol. The highest BCUT2D eigenvalue weighted by molar-refractivity contribution is 6.38. The number of carboxylic acids is 1. The molecule has 0 bridgehead atoms. The molecule has 2 aromatic rings. The van der Waals surface area contributed by atoms with Gasteiger partial charge in [-0.05, 0) is 12.0 Å². The Kier molecular flexibility index (Phi) is 4.76. The minimum atomic E-state index is -1.04. The van der Waals surface area contributed by atoms with Gasteiger partial charge in [-0.3, -0.25) is 4.79 Å². The van der Waals surface area contributed by atoms with Gasteiger partial charge in [0, 0.05) is 18.0 Å². The van der Waals surface area contributed by atoms with Gasteiger partial charge in [0.1, 0.15) is 11.7 Å². The quantitative estimate of drug-likeness (QED) is 0.888. The van der Waals surface area contributed by atoms with Crippen LogP contribution in [0.4, 0.5) is 0 Å². The van der Waals surface area contributed by atoms with Gasteiger partial charge >= 0.3 is 5.97 Å². The summed E-state index contributed by atoms with van der Waals surface area (Å²) in [6, 6.07) is 6.46. The number of carbonyl (C=O) groups excluding carboxylic acids is 1. The zero-order valence-electron chi connectivity index (χ0n) is 12.8. The lowest BCUT2D eigenvalue weighted by molar-refractivity contribution is -0.140. The van der Waals surface area contributed by atoms with E-state index in [1.165, 1.54) is 0 Å². The van der Waals surface area contributed by atoms with Crippen LogP contribution in [-0.4, -0.2) is 27.6 Å². The fraction of sp³-hybridized carbons (Fsp3) is 0.375. The number of para-hydroxylation sites is 1. The number of nitrogens with zero attached hydrogens (tertiary/aromatic N) is 1. The first kappa shape index (κ1) is 16.4. The molecular formula is C16H19ClN2O3. The summed E-state index contributed by atoms with van der Waals surface area (Å²) in [4.78, 5) is 23.9. The van der Waals surface area contributed by atoms with E-state index in [0.29, 0.717) is 11.4 Å². The first-order chi connectivity index (χ1) is 10.4. The molecule has 0 spiro atoms. The van der Waals surface area contributed by atoms with E-state index in [1.807, 2.05) is 31.2 Å². The van der Waals surface area contributed by atoms with Gasteiger partial charge in [-0.1, -0.05) is 50.1 Å². The number of halogens is 1. The molecule has 0 fully saturated rings. The molecule has 5 nitrogen and oxygen atoms in total. The van der Waals surface area contributed by atoms with E-state index in [0.717, 1.165) is 10.9 Å². The van der Waals surface area contributed by atoms with Gasteiger partial charge < -0.3 is 15.0 Å². The zero-order chi connectivity index (χ0) is 16.4. The summed E-state index contributed by atoms with van der Waals surface area (Å²) in [6.45, 7) is 3.68. The summed E-state index contributed by atoms with van der Waals surface area (Å²) in [5.41, 5.74) is 1.10. The van der Waals surface area contributed by atoms with Gasteiger partial charge in [0.25, 0.3) is 5.91 Å². The van der Waals surface area contributed by atoms with Crippen molar-refractivity contribution in [3.8, 4) is 0 Å². The summed E-state index contributed by atoms with van der Waals surface area (Å²) >= 11 is 6.30. The number of rotatable bonds is 5. The number of hydrogen-bond acceptors (Lipinski definition) is 2. The molecule has 6 heteroatoms. The molecule has 0 aliphatic carbocycles. The molecule has 0 aliphatic heterocycles. The molecule has 118 valence electrons. The number of hydrogen-bond donors (Lipinski definition) is 2. The van der Waals surface area contributed by atoms with E-state index in [2.05, 4.69) is 5.32 Å². The summed E-state index contributed by atoms with van der Waals surface area (Å²) < 4.78 is 1.68. The Labute approximate surface area is 133 Å². The molecule has 0 aliphatic rings. The van der Waals surface area contributed by atoms with Crippen LogP contribution in [0, 0.1) is 5.92 Å². The Balaban J connectivity index is 2.39. The van der Waals surface area contributed by atoms with Crippen molar-refractivity contribution in [2.45, 2.75) is 26.3 Å². The molecule has 1 aromatic heterocycles. The van der Waals surface area contributed by atoms with Crippen molar-refractivity contribution < 1.29 is 14.7 Å². The fourth-order valence-electron chi connectivity index (χ4n) is 2.49. The van der Waals surface area contributed by atoms with Crippen LogP contribution < -0.4 is 5.32 Å². The number of aromatic nitrogens is 1. The lowest BCUT2D eigenvalue weighted by Crippen LogP contribution is -2.45. The second kappa shape index (κ2) is 6.40. The van der Waals surface area contributed by atoms with Gasteiger partial charge in [-0.2, -0.15) is 0 Å². The van der Waals surface area contributed by atoms with Crippen LogP contribution in [0.3, 0.4) is 0 Å². The molecule has 0 radical (unpaired) electrons. The normalized spacial score (nSPS) is 13.8. The van der Waals surface area contributed by atoms with E-state index >= 15 is 0 Å². The maximum atomic E-state index is 12.5. The minimum absolute atomic E-state index is 0.171. The number of aliphatic carboxylic acids is 1. The van der Waals surface area contributed by atoms with E-state index in [1.54, 1.807) is 18.5 Å². The van der Waals surface area contributed by atoms with Gasteiger partial charge in [-0.25, -0.2) is 4.79 Å². The summed E-state index contributed by atoms with van der Waals surface area (Å²) in [6.07, 6.45) is 0.653. The van der Waals surface area contributed by atoms with Crippen molar-refractivity contribution in [3.05, 3.63) is 35.0 Å². The lowest BCUT2D eigenvalue weighted by atomic mass is 9.99. The summed E-state index contributed by atoms with van der Waals surface area (Å²) in [5, 5.41) is 13.0. The molecule has 0 unspecified atom stereocenters. The predicted molar refractivity (Wildman–Crippen MR) is 86.3 cm³/mol. The van der Waals surface area contributed by atoms with Crippen LogP contribution >= 0.6 is 11.6 Å². The molecule has 0 saturated heterocycles. The van der Waals surface area contributed by atoms with Crippen LogP contribution in [0.1, 0.15) is 30.8 Å². The van der Waals surface area contributed by atoms with Gasteiger partial charge in [-0.15, -0.1) is 0 Å². The SMILES string of the molecule is CC[C@H](C)[C@H](NC(=O)c1c(Cl)c2ccccc2n1C)C(=O)O. The van der Waals surface area contributed by atoms with E-state index < -0.39 is 17.9 Å². The average Bonchev–Trinajstić information content (AvgIpc) is 2.76. The van der Waals surface area contributed by atoms with Crippen LogP contribution in [0.25, 0.3) is 10.9 Å². The van der Waals surface area contributed by atoms with E-state index in [9.17, 15) is 14.7 Å². The second-order valence-electron chi connectivity index (χ2n) is 5.41. The number of amides is 1. The van der Waals surface area contributed by atoms with E-state index in [4.69, 9.17) is 11.6 Å². The highest BCUT2D eigenvalue weighted by Gasteiger charge is 2.28. The molecule has 22 heavy (non-hydrogen) atoms.